The van der Waals surface area contributed by atoms with Gasteiger partial charge in [-0.3, -0.25) is 4.98 Å². The molecule has 2 rings (SSSR count). The Bertz CT molecular complexity index is 536. The summed E-state index contributed by atoms with van der Waals surface area (Å²) in [5, 5.41) is 2.91. The Morgan fingerprint density at radius 1 is 1.05 bits per heavy atom. The number of para-hydroxylation sites is 1. The fraction of sp³-hybridized carbons (Fsp3) is 0.286. The molecule has 0 radical (unpaired) electrons. The molecular formula is C14H17N3O3. The summed E-state index contributed by atoms with van der Waals surface area (Å²) in [7, 11) is 4.96. The maximum absolute atomic E-state index is 5.74. The quantitative estimate of drug-likeness (QED) is 0.871. The monoisotopic (exact) mass is 275 g/mol. The van der Waals surface area contributed by atoms with Crippen LogP contribution in [0, 0.1) is 0 Å². The van der Waals surface area contributed by atoms with Crippen LogP contribution in [0.5, 0.6) is 17.2 Å². The van der Waals surface area contributed by atoms with Gasteiger partial charge in [-0.15, -0.1) is 0 Å². The molecular weight excluding hydrogens is 258 g/mol. The molecule has 0 aliphatic rings. The Morgan fingerprint density at radius 3 is 2.25 bits per heavy atom. The molecule has 20 heavy (non-hydrogen) atoms. The van der Waals surface area contributed by atoms with Crippen LogP contribution in [0.1, 0.15) is 5.69 Å². The number of hydrogen-bond donors (Lipinski definition) is 1. The number of aromatic nitrogens is 2. The normalized spacial score (nSPS) is 9.95. The summed E-state index contributed by atoms with van der Waals surface area (Å²) < 4.78 is 16.3. The summed E-state index contributed by atoms with van der Waals surface area (Å²) in [6.45, 7) is 0.285. The van der Waals surface area contributed by atoms with Crippen molar-refractivity contribution >= 4 is 5.82 Å². The lowest BCUT2D eigenvalue weighted by Gasteiger charge is -2.13. The zero-order chi connectivity index (χ0) is 14.4. The fourth-order valence-corrected chi connectivity index (χ4v) is 1.66. The van der Waals surface area contributed by atoms with E-state index in [0.29, 0.717) is 23.1 Å². The third-order valence-corrected chi connectivity index (χ3v) is 2.71. The minimum absolute atomic E-state index is 0.285. The SMILES string of the molecule is CNc1cnc(COc2c(OC)cccc2OC)cn1. The van der Waals surface area contributed by atoms with E-state index >= 15 is 0 Å². The number of methoxy groups -OCH3 is 2. The number of anilines is 1. The molecule has 0 unspecified atom stereocenters. The predicted octanol–water partition coefficient (Wildman–Crippen LogP) is 2.11. The Balaban J connectivity index is 2.13. The first-order chi connectivity index (χ1) is 9.78. The topological polar surface area (TPSA) is 65.5 Å². The number of rotatable bonds is 6. The zero-order valence-electron chi connectivity index (χ0n) is 11.7. The van der Waals surface area contributed by atoms with Gasteiger partial charge in [0.2, 0.25) is 5.75 Å². The molecule has 2 aromatic rings. The van der Waals surface area contributed by atoms with Crippen molar-refractivity contribution < 1.29 is 14.2 Å². The van der Waals surface area contributed by atoms with Crippen molar-refractivity contribution in [3.05, 3.63) is 36.3 Å². The summed E-state index contributed by atoms with van der Waals surface area (Å²) in [5.74, 6) is 2.49. The zero-order valence-corrected chi connectivity index (χ0v) is 11.7. The number of ether oxygens (including phenoxy) is 3. The number of nitrogens with zero attached hydrogens (tertiary/aromatic N) is 2. The molecule has 0 amide bonds. The average Bonchev–Trinajstić information content (AvgIpc) is 2.52. The molecule has 1 N–H and O–H groups in total. The lowest BCUT2D eigenvalue weighted by Crippen LogP contribution is -2.03. The highest BCUT2D eigenvalue weighted by Crippen LogP contribution is 2.37. The average molecular weight is 275 g/mol. The molecule has 0 aliphatic heterocycles. The van der Waals surface area contributed by atoms with Crippen LogP contribution in [0.2, 0.25) is 0 Å². The number of nitrogens with one attached hydrogen (secondary N) is 1. The second-order valence-corrected chi connectivity index (χ2v) is 3.92. The van der Waals surface area contributed by atoms with Crippen molar-refractivity contribution in [1.29, 1.82) is 0 Å². The lowest BCUT2D eigenvalue weighted by atomic mass is 10.3. The van der Waals surface area contributed by atoms with Crippen LogP contribution >= 0.6 is 0 Å². The van der Waals surface area contributed by atoms with E-state index in [2.05, 4.69) is 15.3 Å². The highest BCUT2D eigenvalue weighted by atomic mass is 16.5. The second kappa shape index (κ2) is 6.60. The minimum atomic E-state index is 0.285. The van der Waals surface area contributed by atoms with Crippen molar-refractivity contribution in [3.63, 3.8) is 0 Å². The van der Waals surface area contributed by atoms with E-state index in [4.69, 9.17) is 14.2 Å². The van der Waals surface area contributed by atoms with Gasteiger partial charge in [0.15, 0.2) is 11.5 Å². The van der Waals surface area contributed by atoms with Crippen molar-refractivity contribution in [3.8, 4) is 17.2 Å². The summed E-state index contributed by atoms with van der Waals surface area (Å²) in [6.07, 6.45) is 3.31. The summed E-state index contributed by atoms with van der Waals surface area (Å²) in [5.41, 5.74) is 0.719. The first-order valence-electron chi connectivity index (χ1n) is 6.11. The third-order valence-electron chi connectivity index (χ3n) is 2.71. The van der Waals surface area contributed by atoms with Gasteiger partial charge in [0.25, 0.3) is 0 Å². The van der Waals surface area contributed by atoms with E-state index in [9.17, 15) is 0 Å². The van der Waals surface area contributed by atoms with Crippen LogP contribution in [0.25, 0.3) is 0 Å². The molecule has 0 saturated heterocycles. The molecule has 1 aromatic heterocycles. The number of hydrogen-bond acceptors (Lipinski definition) is 6. The fourth-order valence-electron chi connectivity index (χ4n) is 1.66. The maximum atomic E-state index is 5.74. The molecule has 0 bridgehead atoms. The van der Waals surface area contributed by atoms with Gasteiger partial charge in [-0.2, -0.15) is 0 Å². The Kier molecular flexibility index (Phi) is 4.60. The first kappa shape index (κ1) is 13.9. The van der Waals surface area contributed by atoms with Crippen molar-refractivity contribution in [2.24, 2.45) is 0 Å². The molecule has 6 heteroatoms. The van der Waals surface area contributed by atoms with E-state index in [1.165, 1.54) is 0 Å². The van der Waals surface area contributed by atoms with Crippen molar-refractivity contribution in [2.45, 2.75) is 6.61 Å². The van der Waals surface area contributed by atoms with E-state index in [0.717, 1.165) is 5.69 Å². The minimum Gasteiger partial charge on any atom is -0.493 e. The largest absolute Gasteiger partial charge is 0.493 e. The highest BCUT2D eigenvalue weighted by molar-refractivity contribution is 5.51. The highest BCUT2D eigenvalue weighted by Gasteiger charge is 2.11. The van der Waals surface area contributed by atoms with Crippen LogP contribution in [0.15, 0.2) is 30.6 Å². The van der Waals surface area contributed by atoms with Gasteiger partial charge >= 0.3 is 0 Å². The van der Waals surface area contributed by atoms with Gasteiger partial charge in [0.1, 0.15) is 12.4 Å². The van der Waals surface area contributed by atoms with E-state index < -0.39 is 0 Å². The predicted molar refractivity (Wildman–Crippen MR) is 75.5 cm³/mol. The van der Waals surface area contributed by atoms with Gasteiger partial charge in [-0.1, -0.05) is 6.07 Å². The molecule has 106 valence electrons. The van der Waals surface area contributed by atoms with Crippen LogP contribution in [-0.2, 0) is 6.61 Å². The second-order valence-electron chi connectivity index (χ2n) is 3.92. The van der Waals surface area contributed by atoms with Crippen LogP contribution in [0.3, 0.4) is 0 Å². The summed E-state index contributed by atoms with van der Waals surface area (Å²) in [4.78, 5) is 8.42. The van der Waals surface area contributed by atoms with Crippen molar-refractivity contribution in [2.75, 3.05) is 26.6 Å². The molecule has 1 heterocycles. The molecule has 0 spiro atoms. The van der Waals surface area contributed by atoms with Gasteiger partial charge in [-0.25, -0.2) is 4.98 Å². The Labute approximate surface area is 117 Å². The van der Waals surface area contributed by atoms with Crippen LogP contribution in [0.4, 0.5) is 5.82 Å². The Morgan fingerprint density at radius 2 is 1.75 bits per heavy atom. The molecule has 0 saturated carbocycles. The van der Waals surface area contributed by atoms with Crippen molar-refractivity contribution in [1.82, 2.24) is 9.97 Å². The molecule has 0 fully saturated rings. The molecule has 0 atom stereocenters. The van der Waals surface area contributed by atoms with Crippen LogP contribution in [-0.4, -0.2) is 31.2 Å². The van der Waals surface area contributed by atoms with E-state index in [1.807, 2.05) is 18.2 Å². The summed E-state index contributed by atoms with van der Waals surface area (Å²) in [6, 6.07) is 5.47. The first-order valence-corrected chi connectivity index (χ1v) is 6.11. The van der Waals surface area contributed by atoms with Gasteiger partial charge in [0.05, 0.1) is 32.3 Å². The molecule has 6 nitrogen and oxygen atoms in total. The maximum Gasteiger partial charge on any atom is 0.203 e. The van der Waals surface area contributed by atoms with E-state index in [1.54, 1.807) is 33.7 Å². The molecule has 0 aliphatic carbocycles. The standard InChI is InChI=1S/C14H17N3O3/c1-15-13-8-16-10(7-17-13)9-20-14-11(18-2)5-4-6-12(14)19-3/h4-8H,9H2,1-3H3,(H,15,17). The van der Waals surface area contributed by atoms with E-state index in [-0.39, 0.29) is 6.61 Å². The van der Waals surface area contributed by atoms with Gasteiger partial charge in [-0.05, 0) is 12.1 Å². The molecule has 1 aromatic carbocycles. The van der Waals surface area contributed by atoms with Gasteiger partial charge < -0.3 is 19.5 Å². The summed E-state index contributed by atoms with van der Waals surface area (Å²) >= 11 is 0. The number of benzene rings is 1. The van der Waals surface area contributed by atoms with Crippen LogP contribution < -0.4 is 19.5 Å². The lowest BCUT2D eigenvalue weighted by molar-refractivity contribution is 0.262. The van der Waals surface area contributed by atoms with Gasteiger partial charge in [0, 0.05) is 7.05 Å². The smallest absolute Gasteiger partial charge is 0.203 e. The third kappa shape index (κ3) is 3.09. The Hall–Kier alpha value is -2.50.